The molecule has 0 spiro atoms. The van der Waals surface area contributed by atoms with Crippen LogP contribution < -0.4 is 5.73 Å². The van der Waals surface area contributed by atoms with Gasteiger partial charge in [0.25, 0.3) is 5.91 Å². The highest BCUT2D eigenvalue weighted by molar-refractivity contribution is 5.97. The minimum atomic E-state index is -0.0126. The third-order valence-corrected chi connectivity index (χ3v) is 3.65. The van der Waals surface area contributed by atoms with Gasteiger partial charge in [-0.2, -0.15) is 0 Å². The van der Waals surface area contributed by atoms with Crippen LogP contribution in [-0.2, 0) is 4.74 Å². The number of ether oxygens (including phenoxy) is 1. The quantitative estimate of drug-likeness (QED) is 0.877. The maximum absolute atomic E-state index is 12.7. The summed E-state index contributed by atoms with van der Waals surface area (Å²) in [6.45, 7) is 8.21. The number of amides is 1. The lowest BCUT2D eigenvalue weighted by atomic mass is 9.98. The van der Waals surface area contributed by atoms with Crippen LogP contribution in [0.15, 0.2) is 12.1 Å². The van der Waals surface area contributed by atoms with E-state index in [1.165, 1.54) is 5.56 Å². The first kappa shape index (κ1) is 14.0. The Morgan fingerprint density at radius 2 is 2.00 bits per heavy atom. The van der Waals surface area contributed by atoms with Crippen LogP contribution in [0, 0.1) is 20.8 Å². The van der Waals surface area contributed by atoms with Gasteiger partial charge in [-0.05, 0) is 31.9 Å². The molecule has 1 fully saturated rings. The van der Waals surface area contributed by atoms with Crippen molar-refractivity contribution in [1.29, 1.82) is 0 Å². The monoisotopic (exact) mass is 262 g/mol. The summed E-state index contributed by atoms with van der Waals surface area (Å²) in [5.41, 5.74) is 9.80. The number of benzene rings is 1. The molecule has 1 aromatic carbocycles. The molecule has 1 amide bonds. The molecule has 1 saturated heterocycles. The topological polar surface area (TPSA) is 55.6 Å². The van der Waals surface area contributed by atoms with E-state index in [0.717, 1.165) is 16.7 Å². The number of nitrogens with two attached hydrogens (primary N) is 1. The average molecular weight is 262 g/mol. The second-order valence-electron chi connectivity index (χ2n) is 5.24. The lowest BCUT2D eigenvalue weighted by Crippen LogP contribution is -2.52. The lowest BCUT2D eigenvalue weighted by molar-refractivity contribution is 0.000757. The minimum Gasteiger partial charge on any atom is -0.377 e. The van der Waals surface area contributed by atoms with Gasteiger partial charge in [-0.25, -0.2) is 0 Å². The van der Waals surface area contributed by atoms with E-state index in [0.29, 0.717) is 26.3 Å². The first-order valence-electron chi connectivity index (χ1n) is 6.71. The molecule has 0 aliphatic carbocycles. The Bertz CT molecular complexity index is 462. The molecule has 1 aliphatic heterocycles. The van der Waals surface area contributed by atoms with E-state index in [1.54, 1.807) is 0 Å². The molecular formula is C15H22N2O2. The molecule has 2 rings (SSSR count). The number of nitrogens with zero attached hydrogens (tertiary/aromatic N) is 1. The Morgan fingerprint density at radius 3 is 2.58 bits per heavy atom. The normalized spacial score (nSPS) is 19.6. The Kier molecular flexibility index (Phi) is 4.22. The highest BCUT2D eigenvalue weighted by Crippen LogP contribution is 2.20. The van der Waals surface area contributed by atoms with Gasteiger partial charge in [0, 0.05) is 18.7 Å². The van der Waals surface area contributed by atoms with Gasteiger partial charge in [-0.15, -0.1) is 0 Å². The maximum Gasteiger partial charge on any atom is 0.254 e. The number of hydrogen-bond donors (Lipinski definition) is 1. The number of carbonyl (C=O) groups is 1. The van der Waals surface area contributed by atoms with Crippen LogP contribution in [0.25, 0.3) is 0 Å². The van der Waals surface area contributed by atoms with Gasteiger partial charge in [0.2, 0.25) is 0 Å². The van der Waals surface area contributed by atoms with E-state index in [1.807, 2.05) is 25.7 Å². The predicted octanol–water partition coefficient (Wildman–Crippen LogP) is 1.41. The number of carbonyl (C=O) groups excluding carboxylic acids is 1. The van der Waals surface area contributed by atoms with Gasteiger partial charge >= 0.3 is 0 Å². The summed E-state index contributed by atoms with van der Waals surface area (Å²) in [6, 6.07) is 4.09. The summed E-state index contributed by atoms with van der Waals surface area (Å²) in [7, 11) is 0. The molecular weight excluding hydrogens is 240 g/mol. The van der Waals surface area contributed by atoms with E-state index < -0.39 is 0 Å². The van der Waals surface area contributed by atoms with Crippen molar-refractivity contribution in [2.45, 2.75) is 26.8 Å². The molecule has 19 heavy (non-hydrogen) atoms. The van der Waals surface area contributed by atoms with Crippen molar-refractivity contribution in [2.24, 2.45) is 5.73 Å². The summed E-state index contributed by atoms with van der Waals surface area (Å²) in [4.78, 5) is 14.6. The second kappa shape index (κ2) is 5.72. The third-order valence-electron chi connectivity index (χ3n) is 3.65. The maximum atomic E-state index is 12.7. The van der Waals surface area contributed by atoms with E-state index in [-0.39, 0.29) is 11.9 Å². The van der Waals surface area contributed by atoms with Crippen molar-refractivity contribution in [2.75, 3.05) is 26.3 Å². The van der Waals surface area contributed by atoms with Crippen molar-refractivity contribution in [3.63, 3.8) is 0 Å². The summed E-state index contributed by atoms with van der Waals surface area (Å²) >= 11 is 0. The number of hydrogen-bond acceptors (Lipinski definition) is 3. The van der Waals surface area contributed by atoms with Gasteiger partial charge < -0.3 is 15.4 Å². The molecule has 0 aromatic heterocycles. The van der Waals surface area contributed by atoms with Crippen molar-refractivity contribution in [3.05, 3.63) is 34.4 Å². The zero-order chi connectivity index (χ0) is 14.0. The number of morpholine rings is 1. The summed E-state index contributed by atoms with van der Waals surface area (Å²) in [5, 5.41) is 0. The molecule has 1 aliphatic rings. The van der Waals surface area contributed by atoms with E-state index >= 15 is 0 Å². The smallest absolute Gasteiger partial charge is 0.254 e. The Labute approximate surface area is 114 Å². The molecule has 0 saturated carbocycles. The minimum absolute atomic E-state index is 0.0126. The van der Waals surface area contributed by atoms with Crippen LogP contribution in [0.1, 0.15) is 27.0 Å². The van der Waals surface area contributed by atoms with Crippen LogP contribution in [-0.4, -0.2) is 43.2 Å². The van der Waals surface area contributed by atoms with Gasteiger partial charge in [-0.3, -0.25) is 4.79 Å². The Balaban J connectivity index is 2.33. The Morgan fingerprint density at radius 1 is 1.37 bits per heavy atom. The largest absolute Gasteiger partial charge is 0.377 e. The summed E-state index contributed by atoms with van der Waals surface area (Å²) < 4.78 is 5.39. The highest BCUT2D eigenvalue weighted by atomic mass is 16.5. The van der Waals surface area contributed by atoms with Gasteiger partial charge in [-0.1, -0.05) is 17.7 Å². The second-order valence-corrected chi connectivity index (χ2v) is 5.24. The molecule has 0 radical (unpaired) electrons. The van der Waals surface area contributed by atoms with Crippen LogP contribution in [0.3, 0.4) is 0 Å². The van der Waals surface area contributed by atoms with Gasteiger partial charge in [0.15, 0.2) is 0 Å². The molecule has 2 N–H and O–H groups in total. The molecule has 1 heterocycles. The Hall–Kier alpha value is -1.39. The molecule has 4 heteroatoms. The van der Waals surface area contributed by atoms with Gasteiger partial charge in [0.05, 0.1) is 19.3 Å². The van der Waals surface area contributed by atoms with Crippen LogP contribution in [0.4, 0.5) is 0 Å². The standard InChI is InChI=1S/C15H22N2O2/c1-10-6-11(2)14(12(3)7-10)15(18)17-4-5-19-9-13(17)8-16/h6-7,13H,4-5,8-9,16H2,1-3H3. The van der Waals surface area contributed by atoms with Crippen molar-refractivity contribution in [3.8, 4) is 0 Å². The molecule has 1 aromatic rings. The van der Waals surface area contributed by atoms with Crippen molar-refractivity contribution < 1.29 is 9.53 Å². The van der Waals surface area contributed by atoms with Crippen molar-refractivity contribution >= 4 is 5.91 Å². The third kappa shape index (κ3) is 2.80. The van der Waals surface area contributed by atoms with Gasteiger partial charge in [0.1, 0.15) is 0 Å². The first-order valence-corrected chi connectivity index (χ1v) is 6.71. The molecule has 4 nitrogen and oxygen atoms in total. The lowest BCUT2D eigenvalue weighted by Gasteiger charge is -2.35. The molecule has 0 bridgehead atoms. The highest BCUT2D eigenvalue weighted by Gasteiger charge is 2.28. The molecule has 1 unspecified atom stereocenters. The van der Waals surface area contributed by atoms with E-state index in [4.69, 9.17) is 10.5 Å². The van der Waals surface area contributed by atoms with Crippen LogP contribution in [0.2, 0.25) is 0 Å². The van der Waals surface area contributed by atoms with Crippen LogP contribution >= 0.6 is 0 Å². The van der Waals surface area contributed by atoms with Crippen LogP contribution in [0.5, 0.6) is 0 Å². The summed E-state index contributed by atoms with van der Waals surface area (Å²) in [6.07, 6.45) is 0. The first-order chi connectivity index (χ1) is 9.04. The van der Waals surface area contributed by atoms with Crippen molar-refractivity contribution in [1.82, 2.24) is 4.90 Å². The fourth-order valence-electron chi connectivity index (χ4n) is 2.78. The average Bonchev–Trinajstić information content (AvgIpc) is 2.37. The predicted molar refractivity (Wildman–Crippen MR) is 75.4 cm³/mol. The number of rotatable bonds is 2. The number of aryl methyl sites for hydroxylation is 3. The fourth-order valence-corrected chi connectivity index (χ4v) is 2.78. The zero-order valence-corrected chi connectivity index (χ0v) is 11.9. The zero-order valence-electron chi connectivity index (χ0n) is 11.9. The molecule has 104 valence electrons. The summed E-state index contributed by atoms with van der Waals surface area (Å²) in [5.74, 6) is 0.0775. The van der Waals surface area contributed by atoms with E-state index in [9.17, 15) is 4.79 Å². The van der Waals surface area contributed by atoms with E-state index in [2.05, 4.69) is 12.1 Å². The molecule has 1 atom stereocenters. The fraction of sp³-hybridized carbons (Fsp3) is 0.533. The SMILES string of the molecule is Cc1cc(C)c(C(=O)N2CCOCC2CN)c(C)c1.